The average molecular weight is 463 g/mol. The summed E-state index contributed by atoms with van der Waals surface area (Å²) in [6.45, 7) is 3.11. The number of aliphatic imine (C=N–C) groups is 1. The highest BCUT2D eigenvalue weighted by molar-refractivity contribution is 9.10. The standard InChI is InChI=1S/C22H25BrClN3O/c1-2-3-4-5-6-9-12-27-20-11-8-7-10-19(20)26-22(27)25-15-16-13-17(24)14-18(23)21(16)28/h7-8,10-11,13-15,28H,2-6,9,12H2,1H3. The van der Waals surface area contributed by atoms with Crippen LogP contribution < -0.4 is 0 Å². The fraction of sp³-hybridized carbons (Fsp3) is 0.364. The van der Waals surface area contributed by atoms with E-state index >= 15 is 0 Å². The Morgan fingerprint density at radius 1 is 1.14 bits per heavy atom. The van der Waals surface area contributed by atoms with E-state index in [0.717, 1.165) is 24.0 Å². The Hall–Kier alpha value is -1.85. The van der Waals surface area contributed by atoms with Crippen LogP contribution >= 0.6 is 27.5 Å². The molecule has 3 aromatic rings. The van der Waals surface area contributed by atoms with Gasteiger partial charge in [-0.2, -0.15) is 0 Å². The van der Waals surface area contributed by atoms with Gasteiger partial charge in [-0.3, -0.25) is 0 Å². The average Bonchev–Trinajstić information content (AvgIpc) is 3.04. The van der Waals surface area contributed by atoms with Crippen LogP contribution in [0, 0.1) is 0 Å². The summed E-state index contributed by atoms with van der Waals surface area (Å²) in [4.78, 5) is 9.24. The Morgan fingerprint density at radius 2 is 1.89 bits per heavy atom. The summed E-state index contributed by atoms with van der Waals surface area (Å²) >= 11 is 9.41. The zero-order chi connectivity index (χ0) is 19.9. The van der Waals surface area contributed by atoms with E-state index in [0.29, 0.717) is 21.0 Å². The molecular weight excluding hydrogens is 438 g/mol. The van der Waals surface area contributed by atoms with Gasteiger partial charge in [0.05, 0.1) is 15.5 Å². The van der Waals surface area contributed by atoms with E-state index in [1.54, 1.807) is 18.3 Å². The molecule has 0 spiro atoms. The number of phenols is 1. The number of para-hydroxylation sites is 2. The number of unbranched alkanes of at least 4 members (excludes halogenated alkanes) is 5. The van der Waals surface area contributed by atoms with Crippen LogP contribution in [-0.2, 0) is 6.54 Å². The third-order valence-corrected chi connectivity index (χ3v) is 5.57. The molecule has 0 amide bonds. The SMILES string of the molecule is CCCCCCCCn1c(N=Cc2cc(Cl)cc(Br)c2O)nc2ccccc21. The minimum absolute atomic E-state index is 0.117. The molecule has 0 saturated carbocycles. The highest BCUT2D eigenvalue weighted by Crippen LogP contribution is 2.31. The van der Waals surface area contributed by atoms with Gasteiger partial charge in [0, 0.05) is 23.3 Å². The van der Waals surface area contributed by atoms with Gasteiger partial charge in [-0.25, -0.2) is 9.98 Å². The molecule has 6 heteroatoms. The first-order valence-corrected chi connectivity index (χ1v) is 10.9. The number of aryl methyl sites for hydroxylation is 1. The summed E-state index contributed by atoms with van der Waals surface area (Å²) in [6, 6.07) is 11.4. The Kier molecular flexibility index (Phi) is 7.51. The maximum absolute atomic E-state index is 10.2. The van der Waals surface area contributed by atoms with Crippen molar-refractivity contribution >= 4 is 50.7 Å². The summed E-state index contributed by atoms with van der Waals surface area (Å²) in [5.74, 6) is 0.761. The molecule has 28 heavy (non-hydrogen) atoms. The van der Waals surface area contributed by atoms with Crippen LogP contribution in [0.15, 0.2) is 45.9 Å². The summed E-state index contributed by atoms with van der Waals surface area (Å²) in [7, 11) is 0. The van der Waals surface area contributed by atoms with Crippen molar-refractivity contribution in [3.05, 3.63) is 51.5 Å². The van der Waals surface area contributed by atoms with Crippen molar-refractivity contribution in [3.8, 4) is 5.75 Å². The number of aromatic hydroxyl groups is 1. The third kappa shape index (κ3) is 5.15. The normalized spacial score (nSPS) is 11.7. The van der Waals surface area contributed by atoms with Crippen LogP contribution in [0.3, 0.4) is 0 Å². The lowest BCUT2D eigenvalue weighted by atomic mass is 10.1. The lowest BCUT2D eigenvalue weighted by Gasteiger charge is -2.07. The predicted molar refractivity (Wildman–Crippen MR) is 121 cm³/mol. The summed E-state index contributed by atoms with van der Waals surface area (Å²) in [5.41, 5.74) is 2.56. The summed E-state index contributed by atoms with van der Waals surface area (Å²) in [5, 5.41) is 10.8. The molecule has 0 bridgehead atoms. The Morgan fingerprint density at radius 3 is 2.71 bits per heavy atom. The van der Waals surface area contributed by atoms with Gasteiger partial charge in [0.25, 0.3) is 0 Å². The van der Waals surface area contributed by atoms with E-state index in [9.17, 15) is 5.11 Å². The molecule has 0 saturated heterocycles. The molecule has 0 fully saturated rings. The Balaban J connectivity index is 1.82. The van der Waals surface area contributed by atoms with Crippen molar-refractivity contribution in [1.29, 1.82) is 0 Å². The molecule has 1 N–H and O–H groups in total. The Labute approximate surface area is 179 Å². The zero-order valence-corrected chi connectivity index (χ0v) is 18.4. The minimum atomic E-state index is 0.117. The highest BCUT2D eigenvalue weighted by Gasteiger charge is 2.10. The molecule has 0 aliphatic carbocycles. The van der Waals surface area contributed by atoms with Gasteiger partial charge in [0.1, 0.15) is 5.75 Å². The number of phenolic OH excluding ortho intramolecular Hbond substituents is 1. The van der Waals surface area contributed by atoms with Gasteiger partial charge in [0.15, 0.2) is 0 Å². The van der Waals surface area contributed by atoms with Crippen molar-refractivity contribution in [1.82, 2.24) is 9.55 Å². The van der Waals surface area contributed by atoms with Crippen LogP contribution in [0.4, 0.5) is 5.95 Å². The number of rotatable bonds is 9. The third-order valence-electron chi connectivity index (χ3n) is 4.75. The molecule has 2 aromatic carbocycles. The van der Waals surface area contributed by atoms with Crippen molar-refractivity contribution < 1.29 is 5.11 Å². The largest absolute Gasteiger partial charge is 0.506 e. The maximum Gasteiger partial charge on any atom is 0.230 e. The molecular formula is C22H25BrClN3O. The molecule has 1 aromatic heterocycles. The molecule has 0 unspecified atom stereocenters. The van der Waals surface area contributed by atoms with E-state index in [2.05, 4.69) is 43.5 Å². The summed E-state index contributed by atoms with van der Waals surface area (Å²) in [6.07, 6.45) is 9.06. The van der Waals surface area contributed by atoms with Gasteiger partial charge >= 0.3 is 0 Å². The quantitative estimate of drug-likeness (QED) is 0.268. The lowest BCUT2D eigenvalue weighted by Crippen LogP contribution is -1.98. The van der Waals surface area contributed by atoms with Crippen LogP contribution in [-0.4, -0.2) is 20.9 Å². The summed E-state index contributed by atoms with van der Waals surface area (Å²) < 4.78 is 2.70. The fourth-order valence-electron chi connectivity index (χ4n) is 3.24. The van der Waals surface area contributed by atoms with Crippen LogP contribution in [0.1, 0.15) is 51.0 Å². The molecule has 3 rings (SSSR count). The van der Waals surface area contributed by atoms with Crippen molar-refractivity contribution in [3.63, 3.8) is 0 Å². The predicted octanol–water partition coefficient (Wildman–Crippen LogP) is 7.27. The first-order chi connectivity index (χ1) is 13.6. The minimum Gasteiger partial charge on any atom is -0.506 e. The van der Waals surface area contributed by atoms with Gasteiger partial charge in [-0.15, -0.1) is 0 Å². The number of aromatic nitrogens is 2. The first kappa shape index (κ1) is 20.9. The van der Waals surface area contributed by atoms with Crippen LogP contribution in [0.2, 0.25) is 5.02 Å². The van der Waals surface area contributed by atoms with Crippen molar-refractivity contribution in [2.45, 2.75) is 52.0 Å². The monoisotopic (exact) mass is 461 g/mol. The van der Waals surface area contributed by atoms with E-state index in [1.165, 1.54) is 32.1 Å². The lowest BCUT2D eigenvalue weighted by molar-refractivity contribution is 0.471. The number of hydrogen-bond donors (Lipinski definition) is 1. The van der Waals surface area contributed by atoms with Crippen LogP contribution in [0.5, 0.6) is 5.75 Å². The van der Waals surface area contributed by atoms with E-state index in [-0.39, 0.29) is 5.75 Å². The number of imidazole rings is 1. The molecule has 0 aliphatic heterocycles. The van der Waals surface area contributed by atoms with E-state index in [1.807, 2.05) is 18.2 Å². The van der Waals surface area contributed by atoms with E-state index in [4.69, 9.17) is 11.6 Å². The molecule has 0 radical (unpaired) electrons. The zero-order valence-electron chi connectivity index (χ0n) is 16.0. The molecule has 148 valence electrons. The molecule has 4 nitrogen and oxygen atoms in total. The highest BCUT2D eigenvalue weighted by atomic mass is 79.9. The van der Waals surface area contributed by atoms with E-state index < -0.39 is 0 Å². The van der Waals surface area contributed by atoms with Crippen molar-refractivity contribution in [2.75, 3.05) is 0 Å². The van der Waals surface area contributed by atoms with Gasteiger partial charge in [0.2, 0.25) is 5.95 Å². The smallest absolute Gasteiger partial charge is 0.230 e. The molecule has 0 atom stereocenters. The number of benzene rings is 2. The maximum atomic E-state index is 10.2. The van der Waals surface area contributed by atoms with Gasteiger partial charge in [-0.05, 0) is 46.6 Å². The van der Waals surface area contributed by atoms with Crippen molar-refractivity contribution in [2.24, 2.45) is 4.99 Å². The van der Waals surface area contributed by atoms with Gasteiger partial charge < -0.3 is 9.67 Å². The number of halogens is 2. The molecule has 1 heterocycles. The molecule has 0 aliphatic rings. The number of fused-ring (bicyclic) bond motifs is 1. The fourth-order valence-corrected chi connectivity index (χ4v) is 4.08. The van der Waals surface area contributed by atoms with Crippen LogP contribution in [0.25, 0.3) is 11.0 Å². The second-order valence-corrected chi connectivity index (χ2v) is 8.19. The number of nitrogens with zero attached hydrogens (tertiary/aromatic N) is 3. The topological polar surface area (TPSA) is 50.4 Å². The second-order valence-electron chi connectivity index (χ2n) is 6.90. The first-order valence-electron chi connectivity index (χ1n) is 9.77. The Bertz CT molecular complexity index is 968. The second kappa shape index (κ2) is 10.1. The number of hydrogen-bond acceptors (Lipinski definition) is 3. The van der Waals surface area contributed by atoms with Gasteiger partial charge in [-0.1, -0.05) is 62.8 Å².